The average molecular weight is 751 g/mol. The van der Waals surface area contributed by atoms with Gasteiger partial charge >= 0.3 is 24.0 Å². The molecule has 53 heavy (non-hydrogen) atoms. The third-order valence-electron chi connectivity index (χ3n) is 8.95. The highest BCUT2D eigenvalue weighted by atomic mass is 35.5. The van der Waals surface area contributed by atoms with Gasteiger partial charge in [0.2, 0.25) is 11.9 Å². The van der Waals surface area contributed by atoms with Crippen LogP contribution in [0.25, 0.3) is 0 Å². The number of benzene rings is 3. The minimum Gasteiger partial charge on any atom is -0.454 e. The molecule has 0 unspecified atom stereocenters. The number of halogens is 4. The molecule has 278 valence electrons. The van der Waals surface area contributed by atoms with Crippen molar-refractivity contribution in [1.82, 2.24) is 30.5 Å². The molecule has 0 saturated heterocycles. The largest absolute Gasteiger partial charge is 0.454 e. The average Bonchev–Trinajstić information content (AvgIpc) is 3.92. The first-order chi connectivity index (χ1) is 25.2. The molecule has 2 heterocycles. The van der Waals surface area contributed by atoms with Crippen molar-refractivity contribution in [3.8, 4) is 6.01 Å². The fourth-order valence-corrected chi connectivity index (χ4v) is 5.93. The lowest BCUT2D eigenvalue weighted by Gasteiger charge is -2.29. The Morgan fingerprint density at radius 2 is 1.53 bits per heavy atom. The molecule has 2 aliphatic rings. The minimum atomic E-state index is -4.60. The van der Waals surface area contributed by atoms with Gasteiger partial charge in [0.05, 0.1) is 5.54 Å². The Labute approximate surface area is 308 Å². The molecule has 1 aliphatic heterocycles. The molecule has 6 rings (SSSR count). The maximum atomic E-state index is 13.0. The van der Waals surface area contributed by atoms with Crippen LogP contribution in [0.5, 0.6) is 6.01 Å². The number of carbonyl (C=O) groups is 3. The number of nitrogens with one attached hydrogen (secondary N) is 4. The van der Waals surface area contributed by atoms with E-state index in [1.54, 1.807) is 36.4 Å². The molecule has 1 aromatic heterocycles. The molecule has 12 nitrogen and oxygen atoms in total. The highest BCUT2D eigenvalue weighted by Gasteiger charge is 2.45. The van der Waals surface area contributed by atoms with Crippen molar-refractivity contribution in [2.45, 2.75) is 51.4 Å². The van der Waals surface area contributed by atoms with Gasteiger partial charge in [-0.3, -0.25) is 14.4 Å². The van der Waals surface area contributed by atoms with E-state index >= 15 is 0 Å². The maximum Gasteiger partial charge on any atom is 0.422 e. The number of nitrogens with zero attached hydrogens (tertiary/aromatic N) is 4. The number of hydrogen-bond donors (Lipinski definition) is 4. The third kappa shape index (κ3) is 9.92. The molecule has 3 amide bonds. The van der Waals surface area contributed by atoms with E-state index in [-0.39, 0.29) is 30.9 Å². The topological polar surface area (TPSA) is 150 Å². The number of hydrogen-bond acceptors (Lipinski definition) is 9. The Bertz CT molecular complexity index is 1970. The van der Waals surface area contributed by atoms with Crippen LogP contribution in [0.15, 0.2) is 72.8 Å². The lowest BCUT2D eigenvalue weighted by Crippen LogP contribution is -2.48. The summed E-state index contributed by atoms with van der Waals surface area (Å²) < 4.78 is 43.7. The van der Waals surface area contributed by atoms with Crippen molar-refractivity contribution in [2.24, 2.45) is 5.41 Å². The molecule has 3 aromatic carbocycles. The van der Waals surface area contributed by atoms with Crippen LogP contribution in [0.2, 0.25) is 5.02 Å². The smallest absolute Gasteiger partial charge is 0.422 e. The summed E-state index contributed by atoms with van der Waals surface area (Å²) in [5.41, 5.74) is 2.81. The SMILES string of the molecule is CC(C)(CNC(=O)C(=O)N1CCc2ccccc2C1)CNC(=O)c1ccc(Nc2nc(NC3(c4ccc(Cl)cc4)CC3)nc(OCC(F)(F)F)n2)cc1. The van der Waals surface area contributed by atoms with Crippen LogP contribution in [0.1, 0.15) is 53.7 Å². The summed E-state index contributed by atoms with van der Waals surface area (Å²) in [5.74, 6) is -1.71. The van der Waals surface area contributed by atoms with Crippen LogP contribution in [0, 0.1) is 5.41 Å². The van der Waals surface area contributed by atoms with Gasteiger partial charge in [-0.05, 0) is 77.8 Å². The van der Waals surface area contributed by atoms with Crippen LogP contribution in [0.4, 0.5) is 30.8 Å². The van der Waals surface area contributed by atoms with Crippen LogP contribution < -0.4 is 26.0 Å². The van der Waals surface area contributed by atoms with Gasteiger partial charge < -0.3 is 30.9 Å². The normalized spacial score (nSPS) is 14.8. The summed E-state index contributed by atoms with van der Waals surface area (Å²) in [4.78, 5) is 52.5. The second-order valence-electron chi connectivity index (χ2n) is 13.9. The van der Waals surface area contributed by atoms with Gasteiger partial charge in [-0.25, -0.2) is 0 Å². The first kappa shape index (κ1) is 37.3. The summed E-state index contributed by atoms with van der Waals surface area (Å²) in [6.45, 7) is 3.33. The molecule has 1 aliphatic carbocycles. The van der Waals surface area contributed by atoms with E-state index in [0.29, 0.717) is 35.8 Å². The van der Waals surface area contributed by atoms with Crippen molar-refractivity contribution >= 4 is 46.9 Å². The number of anilines is 3. The zero-order valence-corrected chi connectivity index (χ0v) is 29.8. The molecule has 0 radical (unpaired) electrons. The molecular weight excluding hydrogens is 713 g/mol. The summed E-state index contributed by atoms with van der Waals surface area (Å²) in [6.07, 6.45) is -2.43. The highest BCUT2D eigenvalue weighted by molar-refractivity contribution is 6.35. The molecule has 1 fully saturated rings. The number of carbonyl (C=O) groups excluding carboxylic acids is 3. The number of alkyl halides is 3. The first-order valence-corrected chi connectivity index (χ1v) is 17.3. The Balaban J connectivity index is 1.03. The molecule has 4 N–H and O–H groups in total. The number of aromatic nitrogens is 3. The van der Waals surface area contributed by atoms with E-state index in [0.717, 1.165) is 24.0 Å². The molecule has 0 spiro atoms. The zero-order chi connectivity index (χ0) is 37.8. The fourth-order valence-electron chi connectivity index (χ4n) is 5.80. The van der Waals surface area contributed by atoms with Crippen molar-refractivity contribution < 1.29 is 32.3 Å². The predicted octanol–water partition coefficient (Wildman–Crippen LogP) is 5.77. The van der Waals surface area contributed by atoms with E-state index < -0.39 is 41.6 Å². The summed E-state index contributed by atoms with van der Waals surface area (Å²) >= 11 is 6.04. The lowest BCUT2D eigenvalue weighted by molar-refractivity contribution is -0.154. The van der Waals surface area contributed by atoms with Gasteiger partial charge in [0, 0.05) is 42.5 Å². The Kier molecular flexibility index (Phi) is 10.8. The Hall–Kier alpha value is -5.44. The molecule has 16 heteroatoms. The molecular formula is C37H38ClF3N8O4. The minimum absolute atomic E-state index is 0.0172. The lowest BCUT2D eigenvalue weighted by atomic mass is 9.93. The zero-order valence-electron chi connectivity index (χ0n) is 29.0. The first-order valence-electron chi connectivity index (χ1n) is 17.0. The fraction of sp³-hybridized carbons (Fsp3) is 0.351. The van der Waals surface area contributed by atoms with E-state index in [1.165, 1.54) is 10.5 Å². The Morgan fingerprint density at radius 1 is 0.868 bits per heavy atom. The van der Waals surface area contributed by atoms with Crippen LogP contribution >= 0.6 is 11.6 Å². The Morgan fingerprint density at radius 3 is 2.21 bits per heavy atom. The molecule has 1 saturated carbocycles. The van der Waals surface area contributed by atoms with Crippen molar-refractivity contribution in [1.29, 1.82) is 0 Å². The van der Waals surface area contributed by atoms with Gasteiger partial charge in [0.1, 0.15) is 0 Å². The third-order valence-corrected chi connectivity index (χ3v) is 9.20. The van der Waals surface area contributed by atoms with Crippen molar-refractivity contribution in [3.63, 3.8) is 0 Å². The molecule has 4 aromatic rings. The number of rotatable bonds is 12. The second-order valence-corrected chi connectivity index (χ2v) is 14.3. The molecule has 0 bridgehead atoms. The van der Waals surface area contributed by atoms with E-state index in [2.05, 4.69) is 36.2 Å². The monoisotopic (exact) mass is 750 g/mol. The van der Waals surface area contributed by atoms with Gasteiger partial charge in [-0.15, -0.1) is 0 Å². The van der Waals surface area contributed by atoms with Gasteiger partial charge in [-0.2, -0.15) is 28.1 Å². The van der Waals surface area contributed by atoms with Crippen LogP contribution in [0.3, 0.4) is 0 Å². The maximum absolute atomic E-state index is 13.0. The quantitative estimate of drug-likeness (QED) is 0.133. The number of ether oxygens (including phenoxy) is 1. The second kappa shape index (κ2) is 15.3. The highest BCUT2D eigenvalue weighted by Crippen LogP contribution is 2.48. The summed E-state index contributed by atoms with van der Waals surface area (Å²) in [7, 11) is 0. The summed E-state index contributed by atoms with van der Waals surface area (Å²) in [5, 5.41) is 12.3. The molecule has 0 atom stereocenters. The predicted molar refractivity (Wildman–Crippen MR) is 192 cm³/mol. The van der Waals surface area contributed by atoms with E-state index in [4.69, 9.17) is 16.3 Å². The van der Waals surface area contributed by atoms with Gasteiger partial charge in [0.25, 0.3) is 5.91 Å². The number of fused-ring (bicyclic) bond motifs is 1. The van der Waals surface area contributed by atoms with E-state index in [9.17, 15) is 27.6 Å². The van der Waals surface area contributed by atoms with Gasteiger partial charge in [-0.1, -0.05) is 61.8 Å². The van der Waals surface area contributed by atoms with Crippen molar-refractivity contribution in [2.75, 3.05) is 36.9 Å². The summed E-state index contributed by atoms with van der Waals surface area (Å²) in [6, 6.07) is 20.8. The van der Waals surface area contributed by atoms with Crippen LogP contribution in [-0.2, 0) is 28.1 Å². The standard InChI is InChI=1S/C37H38ClF3N8O4/c1-35(2,21-43-30(51)31(52)49-18-15-23-5-3-4-6-25(23)19-49)20-42-29(50)24-7-13-28(14-8-24)44-32-45-33(47-34(46-32)53-22-37(39,40)41)48-36(16-17-36)26-9-11-27(38)12-10-26/h3-14H,15-22H2,1-2H3,(H,42,50)(H,43,51)(H2,44,45,46,47,48). The van der Waals surface area contributed by atoms with Gasteiger partial charge in [0.15, 0.2) is 6.61 Å². The van der Waals surface area contributed by atoms with E-state index in [1.807, 2.05) is 50.2 Å². The van der Waals surface area contributed by atoms with Crippen molar-refractivity contribution in [3.05, 3.63) is 100 Å². The number of amides is 3. The van der Waals surface area contributed by atoms with Crippen LogP contribution in [-0.4, -0.2) is 70.0 Å².